The molecule has 1 aliphatic heterocycles. The molecule has 3 heteroatoms. The Labute approximate surface area is 60.8 Å². The van der Waals surface area contributed by atoms with Crippen LogP contribution in [0.25, 0.3) is 0 Å². The third kappa shape index (κ3) is 1.57. The predicted molar refractivity (Wildman–Crippen MR) is 37.5 cm³/mol. The minimum absolute atomic E-state index is 0.00174. The number of nitrogens with zero attached hydrogens (tertiary/aromatic N) is 1. The molecule has 0 N–H and O–H groups in total. The highest BCUT2D eigenvalue weighted by atomic mass is 35.5. The van der Waals surface area contributed by atoms with Gasteiger partial charge in [0.15, 0.2) is 0 Å². The van der Waals surface area contributed by atoms with E-state index in [0.29, 0.717) is 0 Å². The maximum absolute atomic E-state index is 5.73. The molecule has 1 aliphatic rings. The predicted octanol–water partition coefficient (Wildman–Crippen LogP) is 1.25. The van der Waals surface area contributed by atoms with E-state index in [-0.39, 0.29) is 5.60 Å². The van der Waals surface area contributed by atoms with Gasteiger partial charge < -0.3 is 4.74 Å². The van der Waals surface area contributed by atoms with E-state index in [4.69, 9.17) is 16.5 Å². The normalized spacial score (nSPS) is 37.7. The molecule has 0 amide bonds. The van der Waals surface area contributed by atoms with Gasteiger partial charge in [0, 0.05) is 20.2 Å². The molecule has 0 saturated carbocycles. The van der Waals surface area contributed by atoms with Gasteiger partial charge in [-0.15, -0.1) is 0 Å². The van der Waals surface area contributed by atoms with Crippen LogP contribution >= 0.6 is 11.8 Å². The van der Waals surface area contributed by atoms with Gasteiger partial charge >= 0.3 is 0 Å². The Morgan fingerprint density at radius 3 is 2.56 bits per heavy atom. The van der Waals surface area contributed by atoms with Crippen molar-refractivity contribution in [3.8, 4) is 0 Å². The molecule has 0 aromatic rings. The SMILES string of the molecule is COC1(C)CCN(Cl)C1. The Balaban J connectivity index is 2.45. The van der Waals surface area contributed by atoms with Crippen LogP contribution in [0.2, 0.25) is 0 Å². The highest BCUT2D eigenvalue weighted by molar-refractivity contribution is 6.13. The second-order valence-electron chi connectivity index (χ2n) is 2.75. The van der Waals surface area contributed by atoms with Gasteiger partial charge in [0.1, 0.15) is 0 Å². The molecular formula is C6H12ClNO. The molecule has 1 unspecified atom stereocenters. The van der Waals surface area contributed by atoms with Crippen molar-refractivity contribution in [3.05, 3.63) is 0 Å². The van der Waals surface area contributed by atoms with Gasteiger partial charge in [0.25, 0.3) is 0 Å². The molecule has 1 rings (SSSR count). The fourth-order valence-electron chi connectivity index (χ4n) is 1.05. The zero-order valence-corrected chi connectivity index (χ0v) is 6.61. The molecule has 1 saturated heterocycles. The van der Waals surface area contributed by atoms with Crippen molar-refractivity contribution >= 4 is 11.8 Å². The summed E-state index contributed by atoms with van der Waals surface area (Å²) >= 11 is 5.73. The van der Waals surface area contributed by atoms with Crippen molar-refractivity contribution in [1.82, 2.24) is 4.42 Å². The molecule has 54 valence electrons. The van der Waals surface area contributed by atoms with Crippen molar-refractivity contribution in [2.24, 2.45) is 0 Å². The van der Waals surface area contributed by atoms with Crippen LogP contribution in [0.5, 0.6) is 0 Å². The van der Waals surface area contributed by atoms with E-state index in [1.807, 2.05) is 0 Å². The minimum Gasteiger partial charge on any atom is -0.377 e. The Bertz CT molecular complexity index is 109. The Morgan fingerprint density at radius 1 is 1.67 bits per heavy atom. The first kappa shape index (κ1) is 7.32. The molecule has 1 atom stereocenters. The lowest BCUT2D eigenvalue weighted by molar-refractivity contribution is 0.0200. The molecule has 2 nitrogen and oxygen atoms in total. The van der Waals surface area contributed by atoms with Crippen LogP contribution < -0.4 is 0 Å². The third-order valence-electron chi connectivity index (χ3n) is 1.88. The van der Waals surface area contributed by atoms with Crippen molar-refractivity contribution < 1.29 is 4.74 Å². The quantitative estimate of drug-likeness (QED) is 0.521. The summed E-state index contributed by atoms with van der Waals surface area (Å²) in [5, 5.41) is 0. The lowest BCUT2D eigenvalue weighted by Crippen LogP contribution is -2.28. The molecule has 1 fully saturated rings. The Kier molecular flexibility index (Phi) is 1.99. The first-order chi connectivity index (χ1) is 4.16. The van der Waals surface area contributed by atoms with Crippen LogP contribution in [0, 0.1) is 0 Å². The van der Waals surface area contributed by atoms with E-state index < -0.39 is 0 Å². The van der Waals surface area contributed by atoms with Gasteiger partial charge in [0.05, 0.1) is 5.60 Å². The van der Waals surface area contributed by atoms with E-state index in [1.165, 1.54) is 0 Å². The zero-order valence-electron chi connectivity index (χ0n) is 5.85. The zero-order chi connectivity index (χ0) is 6.91. The van der Waals surface area contributed by atoms with Crippen LogP contribution in [0.15, 0.2) is 0 Å². The number of hydrogen-bond acceptors (Lipinski definition) is 2. The van der Waals surface area contributed by atoms with Gasteiger partial charge in [-0.25, -0.2) is 4.42 Å². The summed E-state index contributed by atoms with van der Waals surface area (Å²) in [6.45, 7) is 3.85. The first-order valence-electron chi connectivity index (χ1n) is 3.12. The van der Waals surface area contributed by atoms with E-state index in [0.717, 1.165) is 19.5 Å². The number of hydrogen-bond donors (Lipinski definition) is 0. The van der Waals surface area contributed by atoms with E-state index >= 15 is 0 Å². The Hall–Kier alpha value is 0.210. The second-order valence-corrected chi connectivity index (χ2v) is 3.23. The second kappa shape index (κ2) is 2.45. The monoisotopic (exact) mass is 149 g/mol. The van der Waals surface area contributed by atoms with Gasteiger partial charge in [-0.2, -0.15) is 0 Å². The maximum Gasteiger partial charge on any atom is 0.0802 e. The standard InChI is InChI=1S/C6H12ClNO/c1-6(9-2)3-4-8(7)5-6/h3-5H2,1-2H3. The third-order valence-corrected chi connectivity index (χ3v) is 2.17. The van der Waals surface area contributed by atoms with Crippen LogP contribution in [-0.2, 0) is 4.74 Å². The number of ether oxygens (including phenoxy) is 1. The molecule has 0 radical (unpaired) electrons. The van der Waals surface area contributed by atoms with Crippen molar-refractivity contribution in [3.63, 3.8) is 0 Å². The number of methoxy groups -OCH3 is 1. The van der Waals surface area contributed by atoms with Crippen LogP contribution in [-0.4, -0.2) is 30.2 Å². The van der Waals surface area contributed by atoms with Crippen molar-refractivity contribution in [2.75, 3.05) is 20.2 Å². The summed E-state index contributed by atoms with van der Waals surface area (Å²) < 4.78 is 7.01. The molecule has 0 aromatic carbocycles. The molecule has 1 heterocycles. The molecular weight excluding hydrogens is 138 g/mol. The summed E-state index contributed by atoms with van der Waals surface area (Å²) in [7, 11) is 1.73. The average Bonchev–Trinajstić information content (AvgIpc) is 2.13. The number of rotatable bonds is 1. The number of halogens is 1. The van der Waals surface area contributed by atoms with Crippen molar-refractivity contribution in [2.45, 2.75) is 18.9 Å². The van der Waals surface area contributed by atoms with Gasteiger partial charge in [-0.1, -0.05) is 0 Å². The summed E-state index contributed by atoms with van der Waals surface area (Å²) in [5.41, 5.74) is 0.00174. The molecule has 0 aromatic heterocycles. The lowest BCUT2D eigenvalue weighted by atomic mass is 10.1. The fraction of sp³-hybridized carbons (Fsp3) is 1.00. The largest absolute Gasteiger partial charge is 0.377 e. The van der Waals surface area contributed by atoms with Gasteiger partial charge in [-0.3, -0.25) is 0 Å². The van der Waals surface area contributed by atoms with E-state index in [9.17, 15) is 0 Å². The Morgan fingerprint density at radius 2 is 2.33 bits per heavy atom. The van der Waals surface area contributed by atoms with E-state index in [2.05, 4.69) is 6.92 Å². The van der Waals surface area contributed by atoms with Crippen LogP contribution in [0.1, 0.15) is 13.3 Å². The summed E-state index contributed by atoms with van der Waals surface area (Å²) in [6, 6.07) is 0. The van der Waals surface area contributed by atoms with Gasteiger partial charge in [-0.05, 0) is 25.1 Å². The lowest BCUT2D eigenvalue weighted by Gasteiger charge is -2.20. The average molecular weight is 150 g/mol. The topological polar surface area (TPSA) is 12.5 Å². The molecule has 9 heavy (non-hydrogen) atoms. The fourth-order valence-corrected chi connectivity index (χ4v) is 1.38. The molecule has 0 spiro atoms. The van der Waals surface area contributed by atoms with Crippen molar-refractivity contribution in [1.29, 1.82) is 0 Å². The highest BCUT2D eigenvalue weighted by Gasteiger charge is 2.32. The van der Waals surface area contributed by atoms with Gasteiger partial charge in [0.2, 0.25) is 0 Å². The summed E-state index contributed by atoms with van der Waals surface area (Å²) in [4.78, 5) is 0. The summed E-state index contributed by atoms with van der Waals surface area (Å²) in [6.07, 6.45) is 1.03. The first-order valence-corrected chi connectivity index (χ1v) is 3.46. The van der Waals surface area contributed by atoms with Crippen LogP contribution in [0.4, 0.5) is 0 Å². The highest BCUT2D eigenvalue weighted by Crippen LogP contribution is 2.24. The molecule has 0 aliphatic carbocycles. The molecule has 0 bridgehead atoms. The van der Waals surface area contributed by atoms with Crippen LogP contribution in [0.3, 0.4) is 0 Å². The minimum atomic E-state index is 0.00174. The summed E-state index contributed by atoms with van der Waals surface area (Å²) in [5.74, 6) is 0. The van der Waals surface area contributed by atoms with E-state index in [1.54, 1.807) is 11.5 Å². The maximum atomic E-state index is 5.73. The smallest absolute Gasteiger partial charge is 0.0802 e.